The Kier molecular flexibility index (Phi) is 7.74. The summed E-state index contributed by atoms with van der Waals surface area (Å²) in [5.41, 5.74) is 4.16. The predicted molar refractivity (Wildman–Crippen MR) is 158 cm³/mol. The second kappa shape index (κ2) is 11.4. The van der Waals surface area contributed by atoms with Gasteiger partial charge in [0.05, 0.1) is 42.5 Å². The number of fused-ring (bicyclic) bond motifs is 1. The van der Waals surface area contributed by atoms with Crippen LogP contribution in [0.1, 0.15) is 31.4 Å². The molecule has 11 heteroatoms. The predicted octanol–water partition coefficient (Wildman–Crippen LogP) is 4.41. The van der Waals surface area contributed by atoms with Crippen LogP contribution < -0.4 is 25.0 Å². The number of aromatic nitrogens is 4. The van der Waals surface area contributed by atoms with Crippen molar-refractivity contribution >= 4 is 39.8 Å². The van der Waals surface area contributed by atoms with E-state index in [-0.39, 0.29) is 5.91 Å². The zero-order chi connectivity index (χ0) is 28.4. The Bertz CT molecular complexity index is 1530. The van der Waals surface area contributed by atoms with Crippen LogP contribution in [0.4, 0.5) is 23.0 Å². The number of benzene rings is 2. The standard InChI is InChI=1S/C29H36N8O3/c1-18(38)31-22-16-23(26(40-6)17-25(22)36(4)14-13-35(2)3)32-29-30-12-11-27(33-29)37-24-10-9-20(39-5)15-21(24)28(34-37)19-7-8-19/h9-12,15-17,19H,7-8,13-14H2,1-6H3,(H,31,38)(H,30,32,33). The Morgan fingerprint density at radius 3 is 2.52 bits per heavy atom. The van der Waals surface area contributed by atoms with E-state index < -0.39 is 0 Å². The highest BCUT2D eigenvalue weighted by Crippen LogP contribution is 2.43. The molecule has 2 heterocycles. The third-order valence-electron chi connectivity index (χ3n) is 6.91. The van der Waals surface area contributed by atoms with Crippen LogP contribution in [0.2, 0.25) is 0 Å². The normalized spacial score (nSPS) is 13.0. The van der Waals surface area contributed by atoms with Crippen molar-refractivity contribution in [1.29, 1.82) is 0 Å². The fourth-order valence-electron chi connectivity index (χ4n) is 4.64. The zero-order valence-corrected chi connectivity index (χ0v) is 23.9. The SMILES string of the molecule is COc1ccc2c(c1)c(C1CC1)nn2-c1ccnc(Nc2cc(NC(C)=O)c(N(C)CCN(C)C)cc2OC)n1. The number of anilines is 4. The first kappa shape index (κ1) is 27.2. The largest absolute Gasteiger partial charge is 0.497 e. The van der Waals surface area contributed by atoms with Crippen LogP contribution >= 0.6 is 0 Å². The summed E-state index contributed by atoms with van der Waals surface area (Å²) in [7, 11) is 9.33. The Hall–Kier alpha value is -4.38. The lowest BCUT2D eigenvalue weighted by Gasteiger charge is -2.25. The molecule has 2 N–H and O–H groups in total. The highest BCUT2D eigenvalue weighted by molar-refractivity contribution is 5.95. The number of methoxy groups -OCH3 is 2. The molecule has 0 atom stereocenters. The minimum atomic E-state index is -0.162. The van der Waals surface area contributed by atoms with E-state index in [0.717, 1.165) is 54.0 Å². The Labute approximate surface area is 234 Å². The Morgan fingerprint density at radius 2 is 1.85 bits per heavy atom. The van der Waals surface area contributed by atoms with E-state index in [9.17, 15) is 4.79 Å². The van der Waals surface area contributed by atoms with Crippen molar-refractivity contribution in [1.82, 2.24) is 24.6 Å². The average Bonchev–Trinajstić information content (AvgIpc) is 3.71. The lowest BCUT2D eigenvalue weighted by molar-refractivity contribution is -0.114. The number of nitrogens with zero attached hydrogens (tertiary/aromatic N) is 6. The van der Waals surface area contributed by atoms with E-state index in [2.05, 4.69) is 25.4 Å². The molecule has 0 radical (unpaired) electrons. The molecule has 0 unspecified atom stereocenters. The smallest absolute Gasteiger partial charge is 0.229 e. The van der Waals surface area contributed by atoms with Gasteiger partial charge in [-0.1, -0.05) is 0 Å². The van der Waals surface area contributed by atoms with Gasteiger partial charge in [0.1, 0.15) is 11.5 Å². The van der Waals surface area contributed by atoms with Crippen molar-refractivity contribution in [2.24, 2.45) is 0 Å². The van der Waals surface area contributed by atoms with Gasteiger partial charge in [0, 0.05) is 56.7 Å². The maximum Gasteiger partial charge on any atom is 0.229 e. The van der Waals surface area contributed by atoms with Gasteiger partial charge in [0.15, 0.2) is 5.82 Å². The van der Waals surface area contributed by atoms with Crippen LogP contribution in [-0.2, 0) is 4.79 Å². The molecule has 11 nitrogen and oxygen atoms in total. The molecular weight excluding hydrogens is 508 g/mol. The first-order chi connectivity index (χ1) is 19.3. The summed E-state index contributed by atoms with van der Waals surface area (Å²) in [5.74, 6) is 2.72. The molecule has 4 aromatic rings. The van der Waals surface area contributed by atoms with Crippen LogP contribution in [0.25, 0.3) is 16.7 Å². The molecule has 1 fully saturated rings. The van der Waals surface area contributed by atoms with Gasteiger partial charge >= 0.3 is 0 Å². The molecule has 2 aromatic carbocycles. The average molecular weight is 545 g/mol. The summed E-state index contributed by atoms with van der Waals surface area (Å²) in [4.78, 5) is 25.5. The second-order valence-electron chi connectivity index (χ2n) is 10.3. The number of carbonyl (C=O) groups excluding carboxylic acids is 1. The topological polar surface area (TPSA) is 110 Å². The summed E-state index contributed by atoms with van der Waals surface area (Å²) >= 11 is 0. The van der Waals surface area contributed by atoms with Crippen molar-refractivity contribution in [3.05, 3.63) is 48.3 Å². The molecule has 0 bridgehead atoms. The van der Waals surface area contributed by atoms with Gasteiger partial charge in [-0.2, -0.15) is 10.1 Å². The second-order valence-corrected chi connectivity index (χ2v) is 10.3. The third kappa shape index (κ3) is 5.79. The number of amides is 1. The number of rotatable bonds is 11. The lowest BCUT2D eigenvalue weighted by Crippen LogP contribution is -2.29. The molecule has 1 amide bonds. The van der Waals surface area contributed by atoms with E-state index in [1.165, 1.54) is 6.92 Å². The van der Waals surface area contributed by atoms with Crippen molar-refractivity contribution in [2.75, 3.05) is 64.0 Å². The third-order valence-corrected chi connectivity index (χ3v) is 6.91. The van der Waals surface area contributed by atoms with E-state index in [0.29, 0.717) is 34.8 Å². The molecule has 0 spiro atoms. The Balaban J connectivity index is 1.50. The van der Waals surface area contributed by atoms with Crippen molar-refractivity contribution < 1.29 is 14.3 Å². The van der Waals surface area contributed by atoms with E-state index in [1.54, 1.807) is 20.4 Å². The summed E-state index contributed by atoms with van der Waals surface area (Å²) in [5, 5.41) is 12.3. The fraction of sp³-hybridized carbons (Fsp3) is 0.379. The van der Waals surface area contributed by atoms with Gasteiger partial charge in [0.25, 0.3) is 0 Å². The molecule has 40 heavy (non-hydrogen) atoms. The van der Waals surface area contributed by atoms with Crippen LogP contribution in [-0.4, -0.2) is 79.0 Å². The molecule has 5 rings (SSSR count). The molecular formula is C29H36N8O3. The minimum Gasteiger partial charge on any atom is -0.497 e. The van der Waals surface area contributed by atoms with Crippen LogP contribution in [0.15, 0.2) is 42.6 Å². The molecule has 1 aliphatic carbocycles. The number of likely N-dealkylation sites (N-methyl/N-ethyl adjacent to an activating group) is 2. The Morgan fingerprint density at radius 1 is 1.05 bits per heavy atom. The van der Waals surface area contributed by atoms with Gasteiger partial charge in [-0.3, -0.25) is 4.79 Å². The number of ether oxygens (including phenoxy) is 2. The maximum absolute atomic E-state index is 12.0. The van der Waals surface area contributed by atoms with E-state index in [1.807, 2.05) is 62.2 Å². The minimum absolute atomic E-state index is 0.162. The van der Waals surface area contributed by atoms with E-state index >= 15 is 0 Å². The summed E-state index contributed by atoms with van der Waals surface area (Å²) in [6, 6.07) is 11.6. The van der Waals surface area contributed by atoms with Crippen LogP contribution in [0.5, 0.6) is 11.5 Å². The van der Waals surface area contributed by atoms with Crippen LogP contribution in [0, 0.1) is 0 Å². The lowest BCUT2D eigenvalue weighted by atomic mass is 10.1. The molecule has 1 saturated carbocycles. The summed E-state index contributed by atoms with van der Waals surface area (Å²) in [6.45, 7) is 3.12. The molecule has 1 aliphatic rings. The first-order valence-corrected chi connectivity index (χ1v) is 13.3. The number of nitrogens with one attached hydrogen (secondary N) is 2. The monoisotopic (exact) mass is 544 g/mol. The quantitative estimate of drug-likeness (QED) is 0.284. The number of carbonyl (C=O) groups is 1. The number of hydrogen-bond acceptors (Lipinski definition) is 9. The van der Waals surface area contributed by atoms with Crippen LogP contribution in [0.3, 0.4) is 0 Å². The fourth-order valence-corrected chi connectivity index (χ4v) is 4.64. The highest BCUT2D eigenvalue weighted by atomic mass is 16.5. The van der Waals surface area contributed by atoms with Gasteiger partial charge in [-0.25, -0.2) is 9.67 Å². The molecule has 210 valence electrons. The van der Waals surface area contributed by atoms with Crippen molar-refractivity contribution in [2.45, 2.75) is 25.7 Å². The van der Waals surface area contributed by atoms with Gasteiger partial charge in [-0.15, -0.1) is 0 Å². The van der Waals surface area contributed by atoms with Crippen molar-refractivity contribution in [3.8, 4) is 17.3 Å². The molecule has 2 aromatic heterocycles. The summed E-state index contributed by atoms with van der Waals surface area (Å²) < 4.78 is 13.1. The first-order valence-electron chi connectivity index (χ1n) is 13.3. The summed E-state index contributed by atoms with van der Waals surface area (Å²) in [6.07, 6.45) is 3.97. The number of hydrogen-bond donors (Lipinski definition) is 2. The highest BCUT2D eigenvalue weighted by Gasteiger charge is 2.30. The molecule has 0 saturated heterocycles. The van der Waals surface area contributed by atoms with Gasteiger partial charge in [-0.05, 0) is 51.2 Å². The van der Waals surface area contributed by atoms with Gasteiger partial charge < -0.3 is 29.9 Å². The van der Waals surface area contributed by atoms with E-state index in [4.69, 9.17) is 19.6 Å². The zero-order valence-electron chi connectivity index (χ0n) is 23.9. The maximum atomic E-state index is 12.0. The van der Waals surface area contributed by atoms with Crippen molar-refractivity contribution in [3.63, 3.8) is 0 Å². The molecule has 0 aliphatic heterocycles. The van der Waals surface area contributed by atoms with Gasteiger partial charge in [0.2, 0.25) is 11.9 Å².